The van der Waals surface area contributed by atoms with Crippen LogP contribution < -0.4 is 28.5 Å². The Morgan fingerprint density at radius 2 is 1.33 bits per heavy atom. The molecule has 0 aliphatic heterocycles. The zero-order valence-corrected chi connectivity index (χ0v) is 16.5. The predicted octanol–water partition coefficient (Wildman–Crippen LogP) is 0.646. The summed E-state index contributed by atoms with van der Waals surface area (Å²) < 4.78 is 13.4. The molecule has 2 aromatic carbocycles. The van der Waals surface area contributed by atoms with Gasteiger partial charge < -0.3 is 33.5 Å². The van der Waals surface area contributed by atoms with Crippen molar-refractivity contribution in [2.24, 2.45) is 0 Å². The van der Waals surface area contributed by atoms with Crippen molar-refractivity contribution in [1.29, 1.82) is 0 Å². The molecule has 0 unspecified atom stereocenters. The molecule has 3 nitrogen and oxygen atoms in total. The maximum absolute atomic E-state index is 5.72. The molecule has 0 fully saturated rings. The number of hydrogen-bond acceptors (Lipinski definition) is 2. The quantitative estimate of drug-likeness (QED) is 0.235. The van der Waals surface area contributed by atoms with E-state index in [0.717, 1.165) is 13.2 Å². The highest BCUT2D eigenvalue weighted by atomic mass is 127. The second-order valence-electron chi connectivity index (χ2n) is 5.62. The Bertz CT molecular complexity index is 747. The molecule has 1 heterocycles. The van der Waals surface area contributed by atoms with Crippen LogP contribution in [0.3, 0.4) is 0 Å². The highest BCUT2D eigenvalue weighted by molar-refractivity contribution is 5.93. The number of para-hydroxylation sites is 2. The molecule has 128 valence electrons. The van der Waals surface area contributed by atoms with Crippen LogP contribution in [0, 0.1) is 6.92 Å². The molecule has 0 saturated carbocycles. The van der Waals surface area contributed by atoms with E-state index >= 15 is 0 Å². The molecule has 0 amide bonds. The minimum Gasteiger partial charge on any atom is -1.00 e. The number of halogens is 1. The van der Waals surface area contributed by atoms with Gasteiger partial charge in [0.1, 0.15) is 6.61 Å². The summed E-state index contributed by atoms with van der Waals surface area (Å²) in [6.07, 6.45) is 0. The van der Waals surface area contributed by atoms with Gasteiger partial charge in [-0.2, -0.15) is 4.57 Å². The number of benzene rings is 2. The molecule has 0 bridgehead atoms. The maximum Gasteiger partial charge on any atom is 0.213 e. The maximum atomic E-state index is 5.72. The van der Waals surface area contributed by atoms with E-state index in [0.29, 0.717) is 19.8 Å². The molecular weight excluding hydrogens is 413 g/mol. The molecule has 0 atom stereocenters. The Morgan fingerprint density at radius 3 is 1.92 bits per heavy atom. The molecule has 3 aromatic rings. The molecular formula is C20H24INO2. The number of hydrogen-bond donors (Lipinski definition) is 0. The molecule has 4 heteroatoms. The zero-order chi connectivity index (χ0) is 16.1. The van der Waals surface area contributed by atoms with Crippen molar-refractivity contribution in [2.45, 2.75) is 20.4 Å². The van der Waals surface area contributed by atoms with Gasteiger partial charge in [-0.15, -0.1) is 0 Å². The van der Waals surface area contributed by atoms with Crippen molar-refractivity contribution in [2.75, 3.05) is 26.4 Å². The van der Waals surface area contributed by atoms with Gasteiger partial charge in [-0.05, 0) is 31.5 Å². The highest BCUT2D eigenvalue weighted by Crippen LogP contribution is 2.23. The number of rotatable bonds is 7. The molecule has 1 aromatic heterocycles. The Labute approximate surface area is 160 Å². The van der Waals surface area contributed by atoms with Crippen LogP contribution in [-0.2, 0) is 16.0 Å². The van der Waals surface area contributed by atoms with Gasteiger partial charge in [-0.1, -0.05) is 24.3 Å². The molecule has 0 N–H and O–H groups in total. The first-order valence-corrected chi connectivity index (χ1v) is 8.28. The monoisotopic (exact) mass is 437 g/mol. The van der Waals surface area contributed by atoms with Gasteiger partial charge in [0.2, 0.25) is 11.0 Å². The summed E-state index contributed by atoms with van der Waals surface area (Å²) in [6.45, 7) is 7.79. The lowest BCUT2D eigenvalue weighted by Crippen LogP contribution is -3.00. The first-order valence-electron chi connectivity index (χ1n) is 8.28. The van der Waals surface area contributed by atoms with Crippen molar-refractivity contribution in [3.8, 4) is 0 Å². The van der Waals surface area contributed by atoms with Gasteiger partial charge in [-0.3, -0.25) is 0 Å². The summed E-state index contributed by atoms with van der Waals surface area (Å²) in [5.74, 6) is 0. The van der Waals surface area contributed by atoms with Gasteiger partial charge in [0.05, 0.1) is 13.2 Å². The SMILES string of the molecule is CCOCCOCC[n+]1c2ccccc2c(C)c2ccccc21.[I-]. The average molecular weight is 437 g/mol. The largest absolute Gasteiger partial charge is 1.00 e. The molecule has 0 aliphatic rings. The van der Waals surface area contributed by atoms with Crippen LogP contribution in [0.15, 0.2) is 48.5 Å². The van der Waals surface area contributed by atoms with E-state index in [4.69, 9.17) is 9.47 Å². The predicted molar refractivity (Wildman–Crippen MR) is 93.7 cm³/mol. The zero-order valence-electron chi connectivity index (χ0n) is 14.3. The van der Waals surface area contributed by atoms with Gasteiger partial charge >= 0.3 is 0 Å². The van der Waals surface area contributed by atoms with Crippen LogP contribution in [0.2, 0.25) is 0 Å². The number of aromatic nitrogens is 1. The number of fused-ring (bicyclic) bond motifs is 2. The third-order valence-electron chi connectivity index (χ3n) is 4.23. The van der Waals surface area contributed by atoms with Crippen molar-refractivity contribution in [1.82, 2.24) is 0 Å². The van der Waals surface area contributed by atoms with Crippen molar-refractivity contribution < 1.29 is 38.0 Å². The normalized spacial score (nSPS) is 10.9. The fraction of sp³-hybridized carbons (Fsp3) is 0.350. The lowest BCUT2D eigenvalue weighted by molar-refractivity contribution is -0.647. The van der Waals surface area contributed by atoms with E-state index in [2.05, 4.69) is 60.0 Å². The lowest BCUT2D eigenvalue weighted by atomic mass is 10.0. The number of pyridine rings is 1. The molecule has 24 heavy (non-hydrogen) atoms. The fourth-order valence-electron chi connectivity index (χ4n) is 3.09. The second-order valence-corrected chi connectivity index (χ2v) is 5.62. The van der Waals surface area contributed by atoms with E-state index in [9.17, 15) is 0 Å². The van der Waals surface area contributed by atoms with Gasteiger partial charge in [0.15, 0.2) is 6.54 Å². The van der Waals surface area contributed by atoms with Crippen molar-refractivity contribution in [3.63, 3.8) is 0 Å². The third-order valence-corrected chi connectivity index (χ3v) is 4.23. The van der Waals surface area contributed by atoms with Crippen LogP contribution in [0.4, 0.5) is 0 Å². The Kier molecular flexibility index (Phi) is 7.40. The van der Waals surface area contributed by atoms with E-state index in [1.54, 1.807) is 0 Å². The van der Waals surface area contributed by atoms with Crippen molar-refractivity contribution in [3.05, 3.63) is 54.1 Å². The van der Waals surface area contributed by atoms with Gasteiger partial charge in [0, 0.05) is 29.5 Å². The summed E-state index contributed by atoms with van der Waals surface area (Å²) in [5.41, 5.74) is 3.86. The smallest absolute Gasteiger partial charge is 0.213 e. The van der Waals surface area contributed by atoms with Crippen LogP contribution in [0.25, 0.3) is 21.8 Å². The Balaban J connectivity index is 0.00000208. The average Bonchev–Trinajstić information content (AvgIpc) is 2.60. The fourth-order valence-corrected chi connectivity index (χ4v) is 3.09. The Hall–Kier alpha value is -1.24. The summed E-state index contributed by atoms with van der Waals surface area (Å²) in [6, 6.07) is 17.2. The number of aryl methyl sites for hydroxylation is 1. The van der Waals surface area contributed by atoms with Crippen molar-refractivity contribution >= 4 is 21.8 Å². The van der Waals surface area contributed by atoms with Crippen LogP contribution in [0.5, 0.6) is 0 Å². The van der Waals surface area contributed by atoms with Crippen LogP contribution >= 0.6 is 0 Å². The molecule has 0 saturated heterocycles. The summed E-state index contributed by atoms with van der Waals surface area (Å²) in [5, 5.41) is 2.61. The van der Waals surface area contributed by atoms with Crippen LogP contribution in [-0.4, -0.2) is 26.4 Å². The lowest BCUT2D eigenvalue weighted by Gasteiger charge is -2.09. The first kappa shape index (κ1) is 19.1. The van der Waals surface area contributed by atoms with Gasteiger partial charge in [0.25, 0.3) is 0 Å². The minimum absolute atomic E-state index is 0. The van der Waals surface area contributed by atoms with E-state index < -0.39 is 0 Å². The molecule has 0 aliphatic carbocycles. The summed E-state index contributed by atoms with van der Waals surface area (Å²) in [4.78, 5) is 0. The van der Waals surface area contributed by atoms with Gasteiger partial charge in [-0.25, -0.2) is 0 Å². The first-order chi connectivity index (χ1) is 11.3. The third kappa shape index (κ3) is 4.05. The summed E-state index contributed by atoms with van der Waals surface area (Å²) >= 11 is 0. The number of nitrogens with zero attached hydrogens (tertiary/aromatic N) is 1. The Morgan fingerprint density at radius 1 is 0.792 bits per heavy atom. The standard InChI is InChI=1S/C20H24NO2.HI/c1-3-22-14-15-23-13-12-21-19-10-6-4-8-17(19)16(2)18-9-5-7-11-20(18)21;/h4-11H,3,12-15H2,1-2H3;1H/q+1;/p-1. The minimum atomic E-state index is 0. The second kappa shape index (κ2) is 9.30. The van der Waals surface area contributed by atoms with E-state index in [1.807, 2.05) is 6.92 Å². The molecule has 0 spiro atoms. The van der Waals surface area contributed by atoms with E-state index in [1.165, 1.54) is 27.4 Å². The highest BCUT2D eigenvalue weighted by Gasteiger charge is 2.17. The summed E-state index contributed by atoms with van der Waals surface area (Å²) in [7, 11) is 0. The molecule has 0 radical (unpaired) electrons. The van der Waals surface area contributed by atoms with E-state index in [-0.39, 0.29) is 24.0 Å². The topological polar surface area (TPSA) is 22.3 Å². The number of ether oxygens (including phenoxy) is 2. The molecule has 3 rings (SSSR count). The van der Waals surface area contributed by atoms with Crippen LogP contribution in [0.1, 0.15) is 12.5 Å².